The molecule has 4 rings (SSSR count). The van der Waals surface area contributed by atoms with Crippen LogP contribution in [0.4, 0.5) is 64.1 Å². The van der Waals surface area contributed by atoms with Crippen molar-refractivity contribution < 1.29 is 97.1 Å². The summed E-state index contributed by atoms with van der Waals surface area (Å²) >= 11 is 0. The lowest BCUT2D eigenvalue weighted by atomic mass is 9.87. The Balaban J connectivity index is 1.98. The number of carbonyl (C=O) groups excluding carboxylic acids is 3. The topological polar surface area (TPSA) is 190 Å². The molecule has 11 nitrogen and oxygen atoms in total. The van der Waals surface area contributed by atoms with Crippen LogP contribution in [0.1, 0.15) is 75.4 Å². The van der Waals surface area contributed by atoms with Gasteiger partial charge in [0.2, 0.25) is 0 Å². The minimum atomic E-state index is -6.68. The van der Waals surface area contributed by atoms with E-state index in [-0.39, 0.29) is 47.0 Å². The summed E-state index contributed by atoms with van der Waals surface area (Å²) in [5, 5.41) is 43.2. The largest absolute Gasteiger partial charge is 0.478 e. The van der Waals surface area contributed by atoms with E-state index in [1.807, 2.05) is 0 Å². The number of carboxylic acids is 2. The molecule has 4 aromatic rings. The number of aliphatic hydroxyl groups is 2. The number of amides is 1. The predicted octanol–water partition coefficient (Wildman–Crippen LogP) is 8.10. The molecule has 0 bridgehead atoms. The van der Waals surface area contributed by atoms with Gasteiger partial charge in [-0.05, 0) is 78.7 Å². The molecule has 0 heterocycles. The van der Waals surface area contributed by atoms with E-state index < -0.39 is 116 Å². The van der Waals surface area contributed by atoms with Crippen LogP contribution in [0, 0.1) is 0 Å². The summed E-state index contributed by atoms with van der Waals surface area (Å²) in [6.45, 7) is 1.00. The van der Waals surface area contributed by atoms with Gasteiger partial charge in [0.1, 0.15) is 0 Å². The smallest absolute Gasteiger partial charge is 0.430 e. The maximum absolute atomic E-state index is 14.1. The summed E-state index contributed by atoms with van der Waals surface area (Å²) in [4.78, 5) is 63.1. The van der Waals surface area contributed by atoms with E-state index in [0.29, 0.717) is 6.07 Å². The van der Waals surface area contributed by atoms with Gasteiger partial charge in [-0.25, -0.2) is 9.59 Å². The van der Waals surface area contributed by atoms with Gasteiger partial charge in [-0.2, -0.15) is 52.7 Å². The van der Waals surface area contributed by atoms with E-state index in [2.05, 4.69) is 5.32 Å². The highest BCUT2D eigenvalue weighted by Crippen LogP contribution is 2.52. The molecule has 0 aliphatic carbocycles. The van der Waals surface area contributed by atoms with Crippen molar-refractivity contribution in [3.8, 4) is 11.1 Å². The zero-order chi connectivity index (χ0) is 45.7. The number of hydrogen-bond donors (Lipinski definition) is 6. The summed E-state index contributed by atoms with van der Waals surface area (Å²) < 4.78 is 167. The van der Waals surface area contributed by atoms with Crippen LogP contribution in [0.3, 0.4) is 0 Å². The number of benzene rings is 4. The quantitative estimate of drug-likeness (QED) is 0.0635. The summed E-state index contributed by atoms with van der Waals surface area (Å²) in [6, 6.07) is 6.02. The number of Topliss-reactive ketones (excluding diaryl/α,β-unsaturated/α-hetero) is 1. The molecule has 0 aliphatic heterocycles. The molecular formula is C37H24F12N2O9. The molecule has 0 spiro atoms. The first kappa shape index (κ1) is 46.2. The molecule has 0 saturated heterocycles. The van der Waals surface area contributed by atoms with Crippen LogP contribution >= 0.6 is 0 Å². The number of alkyl halides is 12. The molecular weight excluding hydrogens is 844 g/mol. The first-order valence-corrected chi connectivity index (χ1v) is 16.1. The molecule has 0 radical (unpaired) electrons. The van der Waals surface area contributed by atoms with Crippen LogP contribution in [0.15, 0.2) is 72.8 Å². The second-order valence-corrected chi connectivity index (χ2v) is 12.7. The third-order valence-electron chi connectivity index (χ3n) is 8.87. The summed E-state index contributed by atoms with van der Waals surface area (Å²) in [5.74, 6) is -7.69. The molecule has 0 saturated carbocycles. The van der Waals surface area contributed by atoms with Gasteiger partial charge in [-0.15, -0.1) is 0 Å². The minimum absolute atomic E-state index is 0.0161. The standard InChI is InChI=1S/C37H24F12N2O9/c1-15(52)26-11-16(3-5-24(26)30(55)56)17-4-6-25(31(57)58)27(12-17)29(54)51-23-10-19(8-21(14-23)33(60,36(44,45)46)37(47,48)49)28(53)18-7-20(13-22(9-18)50-2)32(59,34(38,39)40)35(41,42)43/h3-14,50,59-60H,1-2H3,(H,51,54)(H,55,56)(H,57,58). The van der Waals surface area contributed by atoms with E-state index in [1.165, 1.54) is 0 Å². The van der Waals surface area contributed by atoms with Crippen molar-refractivity contribution in [1.82, 2.24) is 0 Å². The van der Waals surface area contributed by atoms with E-state index in [1.54, 1.807) is 5.32 Å². The zero-order valence-electron chi connectivity index (χ0n) is 29.8. The summed E-state index contributed by atoms with van der Waals surface area (Å²) in [6.07, 6.45) is -26.4. The van der Waals surface area contributed by atoms with Gasteiger partial charge in [-0.3, -0.25) is 14.4 Å². The van der Waals surface area contributed by atoms with Crippen molar-refractivity contribution in [2.75, 3.05) is 17.7 Å². The Morgan fingerprint density at radius 3 is 1.23 bits per heavy atom. The lowest BCUT2D eigenvalue weighted by molar-refractivity contribution is -0.376. The van der Waals surface area contributed by atoms with Gasteiger partial charge in [0, 0.05) is 46.2 Å². The van der Waals surface area contributed by atoms with Crippen molar-refractivity contribution in [3.05, 3.63) is 117 Å². The lowest BCUT2D eigenvalue weighted by Crippen LogP contribution is -2.54. The van der Waals surface area contributed by atoms with E-state index >= 15 is 0 Å². The second-order valence-electron chi connectivity index (χ2n) is 12.7. The number of aromatic carboxylic acids is 2. The number of carboxylic acid groups (broad SMARTS) is 2. The molecule has 320 valence electrons. The molecule has 23 heteroatoms. The van der Waals surface area contributed by atoms with Crippen molar-refractivity contribution in [1.29, 1.82) is 0 Å². The fraction of sp³-hybridized carbons (Fsp3) is 0.216. The van der Waals surface area contributed by atoms with Gasteiger partial charge in [0.05, 0.1) is 16.7 Å². The van der Waals surface area contributed by atoms with Crippen LogP contribution in [0.5, 0.6) is 0 Å². The first-order chi connectivity index (χ1) is 27.3. The third kappa shape index (κ3) is 8.34. The number of carbonyl (C=O) groups is 5. The van der Waals surface area contributed by atoms with E-state index in [9.17, 15) is 97.1 Å². The maximum Gasteiger partial charge on any atom is 0.430 e. The number of rotatable bonds is 11. The van der Waals surface area contributed by atoms with Gasteiger partial charge >= 0.3 is 36.6 Å². The van der Waals surface area contributed by atoms with Gasteiger partial charge in [0.15, 0.2) is 11.6 Å². The van der Waals surface area contributed by atoms with Crippen molar-refractivity contribution in [2.45, 2.75) is 42.8 Å². The van der Waals surface area contributed by atoms with E-state index in [4.69, 9.17) is 0 Å². The fourth-order valence-electron chi connectivity index (χ4n) is 5.79. The second kappa shape index (κ2) is 15.6. The number of anilines is 2. The fourth-order valence-corrected chi connectivity index (χ4v) is 5.79. The number of halogens is 12. The minimum Gasteiger partial charge on any atom is -0.478 e. The van der Waals surface area contributed by atoms with Crippen LogP contribution in [-0.2, 0) is 11.2 Å². The Morgan fingerprint density at radius 1 is 0.500 bits per heavy atom. The molecule has 0 fully saturated rings. The highest BCUT2D eigenvalue weighted by molar-refractivity contribution is 6.13. The molecule has 0 aromatic heterocycles. The number of ketones is 2. The lowest BCUT2D eigenvalue weighted by Gasteiger charge is -2.33. The van der Waals surface area contributed by atoms with Gasteiger partial charge < -0.3 is 31.1 Å². The van der Waals surface area contributed by atoms with Crippen molar-refractivity contribution >= 4 is 40.8 Å². The first-order valence-electron chi connectivity index (χ1n) is 16.1. The third-order valence-corrected chi connectivity index (χ3v) is 8.87. The number of hydrogen-bond acceptors (Lipinski definition) is 8. The van der Waals surface area contributed by atoms with Crippen LogP contribution < -0.4 is 10.6 Å². The maximum atomic E-state index is 14.1. The Bertz CT molecular complexity index is 2390. The molecule has 4 aromatic carbocycles. The molecule has 0 unspecified atom stereocenters. The Labute approximate surface area is 326 Å². The predicted molar refractivity (Wildman–Crippen MR) is 182 cm³/mol. The Morgan fingerprint density at radius 2 is 0.867 bits per heavy atom. The van der Waals surface area contributed by atoms with Crippen LogP contribution in [0.25, 0.3) is 11.1 Å². The zero-order valence-corrected chi connectivity index (χ0v) is 29.8. The Kier molecular flexibility index (Phi) is 12.0. The summed E-state index contributed by atoms with van der Waals surface area (Å²) in [7, 11) is 0.905. The van der Waals surface area contributed by atoms with Crippen LogP contribution in [-0.4, -0.2) is 81.6 Å². The Hall–Kier alpha value is -6.49. The van der Waals surface area contributed by atoms with Gasteiger partial charge in [0.25, 0.3) is 17.1 Å². The summed E-state index contributed by atoms with van der Waals surface area (Å²) in [5.41, 5.74) is -23.5. The number of nitrogens with one attached hydrogen (secondary N) is 2. The molecule has 0 atom stereocenters. The molecule has 6 N–H and O–H groups in total. The average Bonchev–Trinajstić information content (AvgIpc) is 3.13. The van der Waals surface area contributed by atoms with Gasteiger partial charge in [-0.1, -0.05) is 12.1 Å². The van der Waals surface area contributed by atoms with Crippen LogP contribution in [0.2, 0.25) is 0 Å². The highest BCUT2D eigenvalue weighted by Gasteiger charge is 2.72. The molecule has 0 aliphatic rings. The molecule has 60 heavy (non-hydrogen) atoms. The van der Waals surface area contributed by atoms with E-state index in [0.717, 1.165) is 50.4 Å². The van der Waals surface area contributed by atoms with Crippen molar-refractivity contribution in [3.63, 3.8) is 0 Å². The monoisotopic (exact) mass is 868 g/mol. The van der Waals surface area contributed by atoms with Crippen molar-refractivity contribution in [2.24, 2.45) is 0 Å². The normalized spacial score (nSPS) is 12.8. The average molecular weight is 869 g/mol. The SMILES string of the molecule is CNc1cc(C(=O)c2cc(NC(=O)c3cc(-c4ccc(C(=O)O)c(C(C)=O)c4)ccc3C(=O)O)cc(C(O)(C(F)(F)F)C(F)(F)F)c2)cc(C(O)(C(F)(F)F)C(F)(F)F)c1. The molecule has 1 amide bonds. The highest BCUT2D eigenvalue weighted by atomic mass is 19.4.